The Balaban J connectivity index is 2.76. The van der Waals surface area contributed by atoms with Gasteiger partial charge in [-0.15, -0.1) is 0 Å². The number of rotatable bonds is 6. The molecule has 0 N–H and O–H groups in total. The first-order valence-electron chi connectivity index (χ1n) is 5.65. The number of para-hydroxylation sites is 1. The molecule has 2 atom stereocenters. The molecule has 0 aliphatic carbocycles. The Bertz CT molecular complexity index is 459. The smallest absolute Gasteiger partial charge is 0.362 e. The Labute approximate surface area is 111 Å². The van der Waals surface area contributed by atoms with E-state index in [9.17, 15) is 14.2 Å². The lowest BCUT2D eigenvalue weighted by Gasteiger charge is -2.15. The van der Waals surface area contributed by atoms with Gasteiger partial charge in [0.15, 0.2) is 0 Å². The van der Waals surface area contributed by atoms with Crippen molar-refractivity contribution in [3.05, 3.63) is 30.3 Å². The van der Waals surface area contributed by atoms with Crippen molar-refractivity contribution in [2.75, 3.05) is 6.61 Å². The van der Waals surface area contributed by atoms with Gasteiger partial charge in [-0.05, 0) is 19.1 Å². The maximum Gasteiger partial charge on any atom is 0.362 e. The van der Waals surface area contributed by atoms with Crippen molar-refractivity contribution in [3.8, 4) is 5.75 Å². The van der Waals surface area contributed by atoms with Gasteiger partial charge in [0.25, 0.3) is 5.85 Å². The van der Waals surface area contributed by atoms with Gasteiger partial charge < -0.3 is 14.0 Å². The summed E-state index contributed by atoms with van der Waals surface area (Å²) >= 11 is 0. The fraction of sp³-hybridized carbons (Fsp3) is 0.333. The zero-order chi connectivity index (χ0) is 14.3. The summed E-state index contributed by atoms with van der Waals surface area (Å²) in [6.45, 7) is 2.88. The van der Waals surface area contributed by atoms with Gasteiger partial charge in [0.05, 0.1) is 6.61 Å². The molecule has 0 bridgehead atoms. The Kier molecular flexibility index (Phi) is 6.25. The molecule has 0 aliphatic rings. The van der Waals surface area contributed by atoms with Gasteiger partial charge in [0.1, 0.15) is 5.75 Å². The van der Waals surface area contributed by atoms with Gasteiger partial charge in [0, 0.05) is 6.92 Å². The minimum absolute atomic E-state index is 0.147. The number of ether oxygens (including phenoxy) is 2. The summed E-state index contributed by atoms with van der Waals surface area (Å²) in [5.41, 5.74) is 0. The van der Waals surface area contributed by atoms with Gasteiger partial charge in [0.2, 0.25) is 8.03 Å². The third-order valence-corrected chi connectivity index (χ3v) is 3.32. The molecule has 0 heterocycles. The van der Waals surface area contributed by atoms with Crippen LogP contribution in [-0.4, -0.2) is 24.4 Å². The van der Waals surface area contributed by atoms with Crippen LogP contribution >= 0.6 is 8.03 Å². The van der Waals surface area contributed by atoms with Gasteiger partial charge in [-0.25, -0.2) is 4.79 Å². The number of esters is 2. The van der Waals surface area contributed by atoms with Crippen molar-refractivity contribution in [1.29, 1.82) is 0 Å². The Morgan fingerprint density at radius 3 is 2.42 bits per heavy atom. The number of carbonyl (C=O) groups is 2. The van der Waals surface area contributed by atoms with Crippen molar-refractivity contribution in [3.63, 3.8) is 0 Å². The molecular weight excluding hydrogens is 271 g/mol. The van der Waals surface area contributed by atoms with Crippen LogP contribution in [0.3, 0.4) is 0 Å². The maximum atomic E-state index is 11.8. The lowest BCUT2D eigenvalue weighted by molar-refractivity contribution is -0.155. The highest BCUT2D eigenvalue weighted by Gasteiger charge is 2.30. The normalized spacial score (nSPS) is 13.4. The molecule has 1 aromatic rings. The van der Waals surface area contributed by atoms with Crippen LogP contribution in [0.5, 0.6) is 5.75 Å². The third kappa shape index (κ3) is 5.24. The molecule has 6 nitrogen and oxygen atoms in total. The summed E-state index contributed by atoms with van der Waals surface area (Å²) < 4.78 is 26.2. The fourth-order valence-electron chi connectivity index (χ4n) is 1.23. The van der Waals surface area contributed by atoms with Crippen molar-refractivity contribution in [2.24, 2.45) is 0 Å². The predicted molar refractivity (Wildman–Crippen MR) is 68.3 cm³/mol. The average Bonchev–Trinajstić information content (AvgIpc) is 2.37. The van der Waals surface area contributed by atoms with E-state index in [1.807, 2.05) is 0 Å². The first kappa shape index (κ1) is 15.4. The van der Waals surface area contributed by atoms with Gasteiger partial charge >= 0.3 is 11.9 Å². The SMILES string of the molecule is CCO[PH](=O)C(OC(C)=O)C(=O)Oc1ccccc1. The first-order valence-corrected chi connectivity index (χ1v) is 7.04. The third-order valence-electron chi connectivity index (χ3n) is 1.96. The Morgan fingerprint density at radius 1 is 1.26 bits per heavy atom. The summed E-state index contributed by atoms with van der Waals surface area (Å²) in [6.07, 6.45) is 0. The molecule has 2 unspecified atom stereocenters. The molecule has 0 aliphatic heterocycles. The van der Waals surface area contributed by atoms with E-state index in [1.165, 1.54) is 0 Å². The molecule has 1 rings (SSSR count). The van der Waals surface area contributed by atoms with Gasteiger partial charge in [-0.1, -0.05) is 18.2 Å². The standard InChI is InChI=1S/C12H15O6P/c1-3-16-19(15)12(17-9(2)13)11(14)18-10-7-5-4-6-8-10/h4-8,12,19H,3H2,1-2H3. The molecule has 0 spiro atoms. The highest BCUT2D eigenvalue weighted by Crippen LogP contribution is 2.31. The average molecular weight is 286 g/mol. The van der Waals surface area contributed by atoms with E-state index in [0.717, 1.165) is 6.92 Å². The van der Waals surface area contributed by atoms with Crippen LogP contribution in [-0.2, 0) is 23.4 Å². The van der Waals surface area contributed by atoms with Crippen LogP contribution < -0.4 is 4.74 Å². The molecule has 1 aromatic carbocycles. The van der Waals surface area contributed by atoms with Gasteiger partial charge in [-0.2, -0.15) is 0 Å². The summed E-state index contributed by atoms with van der Waals surface area (Å²) in [4.78, 5) is 22.7. The van der Waals surface area contributed by atoms with E-state index in [0.29, 0.717) is 0 Å². The van der Waals surface area contributed by atoms with Crippen molar-refractivity contribution in [2.45, 2.75) is 19.7 Å². The molecule has 104 valence electrons. The monoisotopic (exact) mass is 286 g/mol. The molecular formula is C12H15O6P. The second-order valence-corrected chi connectivity index (χ2v) is 4.93. The molecule has 0 saturated heterocycles. The summed E-state index contributed by atoms with van der Waals surface area (Å²) in [6, 6.07) is 8.22. The zero-order valence-electron chi connectivity index (χ0n) is 10.6. The molecule has 0 radical (unpaired) electrons. The largest absolute Gasteiger partial charge is 0.440 e. The van der Waals surface area contributed by atoms with E-state index < -0.39 is 25.8 Å². The van der Waals surface area contributed by atoms with Crippen LogP contribution in [0.25, 0.3) is 0 Å². The van der Waals surface area contributed by atoms with Crippen LogP contribution in [0.4, 0.5) is 0 Å². The van der Waals surface area contributed by atoms with Crippen molar-refractivity contribution >= 4 is 20.0 Å². The molecule has 0 saturated carbocycles. The molecule has 0 fully saturated rings. The zero-order valence-corrected chi connectivity index (χ0v) is 11.6. The molecule has 0 aromatic heterocycles. The second kappa shape index (κ2) is 7.71. The number of hydrogen-bond donors (Lipinski definition) is 0. The highest BCUT2D eigenvalue weighted by atomic mass is 31.1. The van der Waals surface area contributed by atoms with Crippen molar-refractivity contribution < 1.29 is 28.2 Å². The van der Waals surface area contributed by atoms with E-state index in [-0.39, 0.29) is 12.4 Å². The Morgan fingerprint density at radius 2 is 1.89 bits per heavy atom. The van der Waals surface area contributed by atoms with E-state index in [1.54, 1.807) is 37.3 Å². The minimum atomic E-state index is -2.86. The molecule has 7 heteroatoms. The maximum absolute atomic E-state index is 11.8. The predicted octanol–water partition coefficient (Wildman–Crippen LogP) is 1.99. The van der Waals surface area contributed by atoms with Crippen LogP contribution in [0, 0.1) is 0 Å². The number of carbonyl (C=O) groups excluding carboxylic acids is 2. The van der Waals surface area contributed by atoms with Crippen LogP contribution in [0.2, 0.25) is 0 Å². The topological polar surface area (TPSA) is 78.9 Å². The molecule has 0 amide bonds. The summed E-state index contributed by atoms with van der Waals surface area (Å²) in [7, 11) is -2.86. The number of benzene rings is 1. The van der Waals surface area contributed by atoms with Crippen LogP contribution in [0.1, 0.15) is 13.8 Å². The molecule has 19 heavy (non-hydrogen) atoms. The highest BCUT2D eigenvalue weighted by molar-refractivity contribution is 7.41. The summed E-state index contributed by atoms with van der Waals surface area (Å²) in [5.74, 6) is -2.90. The van der Waals surface area contributed by atoms with E-state index in [4.69, 9.17) is 14.0 Å². The lowest BCUT2D eigenvalue weighted by Crippen LogP contribution is -2.28. The van der Waals surface area contributed by atoms with Gasteiger partial charge in [-0.3, -0.25) is 9.36 Å². The minimum Gasteiger partial charge on any atom is -0.440 e. The second-order valence-electron chi connectivity index (χ2n) is 3.48. The quantitative estimate of drug-likeness (QED) is 0.452. The van der Waals surface area contributed by atoms with Crippen molar-refractivity contribution in [1.82, 2.24) is 0 Å². The van der Waals surface area contributed by atoms with E-state index >= 15 is 0 Å². The van der Waals surface area contributed by atoms with E-state index in [2.05, 4.69) is 0 Å². The number of hydrogen-bond acceptors (Lipinski definition) is 6. The van der Waals surface area contributed by atoms with Crippen LogP contribution in [0.15, 0.2) is 30.3 Å². The Hall–Kier alpha value is -1.65. The summed E-state index contributed by atoms with van der Waals surface area (Å²) in [5, 5.41) is 0. The lowest BCUT2D eigenvalue weighted by atomic mass is 10.3. The first-order chi connectivity index (χ1) is 9.04. The fourth-order valence-corrected chi connectivity index (χ4v) is 2.18.